The molecule has 1 saturated heterocycles. The second-order valence-corrected chi connectivity index (χ2v) is 10.0. The van der Waals surface area contributed by atoms with Crippen LogP contribution in [0.25, 0.3) is 10.2 Å². The molecule has 2 N–H and O–H groups in total. The molecule has 182 valence electrons. The van der Waals surface area contributed by atoms with Gasteiger partial charge in [-0.25, -0.2) is 9.78 Å². The number of pyridine rings is 1. The normalized spacial score (nSPS) is 16.8. The number of hydrogen-bond donors (Lipinski definition) is 2. The van der Waals surface area contributed by atoms with Crippen molar-refractivity contribution in [1.29, 1.82) is 0 Å². The molecule has 0 saturated carbocycles. The second kappa shape index (κ2) is 8.92. The van der Waals surface area contributed by atoms with E-state index in [-0.39, 0.29) is 18.0 Å². The average Bonchev–Trinajstić information content (AvgIpc) is 3.54. The molecule has 0 spiro atoms. The summed E-state index contributed by atoms with van der Waals surface area (Å²) in [6, 6.07) is 16.9. The number of carbonyl (C=O) groups is 2. The first-order valence-corrected chi connectivity index (χ1v) is 12.7. The zero-order chi connectivity index (χ0) is 24.8. The Morgan fingerprint density at radius 2 is 1.97 bits per heavy atom. The topological polar surface area (TPSA) is 86.8 Å². The van der Waals surface area contributed by atoms with Crippen molar-refractivity contribution >= 4 is 50.6 Å². The fourth-order valence-corrected chi connectivity index (χ4v) is 5.94. The zero-order valence-corrected chi connectivity index (χ0v) is 20.8. The molecule has 4 aromatic rings. The highest BCUT2D eigenvalue weighted by atomic mass is 32.1. The van der Waals surface area contributed by atoms with Crippen LogP contribution >= 0.6 is 11.3 Å². The molecule has 2 aromatic carbocycles. The molecule has 9 heteroatoms. The Kier molecular flexibility index (Phi) is 5.58. The Morgan fingerprint density at radius 1 is 1.14 bits per heavy atom. The van der Waals surface area contributed by atoms with Crippen LogP contribution in [0.15, 0.2) is 60.8 Å². The highest BCUT2D eigenvalue weighted by Gasteiger charge is 2.35. The van der Waals surface area contributed by atoms with Crippen molar-refractivity contribution in [1.82, 2.24) is 15.2 Å². The number of ether oxygens (including phenoxy) is 1. The van der Waals surface area contributed by atoms with Gasteiger partial charge in [-0.3, -0.25) is 9.69 Å². The lowest BCUT2D eigenvalue weighted by atomic mass is 10.1. The number of urea groups is 1. The van der Waals surface area contributed by atoms with Crippen molar-refractivity contribution in [2.75, 3.05) is 30.4 Å². The number of anilines is 3. The predicted molar refractivity (Wildman–Crippen MR) is 142 cm³/mol. The molecule has 0 unspecified atom stereocenters. The van der Waals surface area contributed by atoms with Crippen LogP contribution in [0, 0.1) is 6.92 Å². The van der Waals surface area contributed by atoms with Crippen molar-refractivity contribution < 1.29 is 14.3 Å². The molecular formula is C27H25N5O3S. The van der Waals surface area contributed by atoms with Crippen molar-refractivity contribution in [2.45, 2.75) is 19.4 Å². The summed E-state index contributed by atoms with van der Waals surface area (Å²) in [6.45, 7) is 3.62. The van der Waals surface area contributed by atoms with Gasteiger partial charge in [0.15, 0.2) is 0 Å². The fraction of sp³-hybridized carbons (Fsp3) is 0.222. The van der Waals surface area contributed by atoms with Gasteiger partial charge in [0.1, 0.15) is 21.2 Å². The summed E-state index contributed by atoms with van der Waals surface area (Å²) in [7, 11) is 1.82. The lowest BCUT2D eigenvalue weighted by molar-refractivity contribution is 0.0749. The average molecular weight is 500 g/mol. The first-order chi connectivity index (χ1) is 17.5. The number of hydrogen-bond acceptors (Lipinski definition) is 6. The van der Waals surface area contributed by atoms with Gasteiger partial charge in [0.2, 0.25) is 0 Å². The molecule has 6 rings (SSSR count). The standard InChI is InChI=1S/C27H25N5O3S/c1-16-14-19(35-18-6-4-3-5-7-18)8-9-20(16)32-21-11-13-29-25-22(21)23(30-27(32)34)24(36-25)26(33)31(2)17-10-12-28-15-17/h3-9,11,13-14,17,28H,10,12,15H2,1-2H3,(H,30,34)/t17-/m1/s1. The fourth-order valence-electron chi connectivity index (χ4n) is 4.84. The van der Waals surface area contributed by atoms with Crippen molar-refractivity contribution in [2.24, 2.45) is 0 Å². The Hall–Kier alpha value is -3.95. The van der Waals surface area contributed by atoms with Gasteiger partial charge in [0.25, 0.3) is 5.91 Å². The van der Waals surface area contributed by atoms with Gasteiger partial charge in [-0.1, -0.05) is 18.2 Å². The highest BCUT2D eigenvalue weighted by molar-refractivity contribution is 7.21. The number of benzene rings is 2. The van der Waals surface area contributed by atoms with E-state index < -0.39 is 0 Å². The Bertz CT molecular complexity index is 1480. The number of para-hydroxylation sites is 1. The highest BCUT2D eigenvalue weighted by Crippen LogP contribution is 2.47. The van der Waals surface area contributed by atoms with Crippen LogP contribution in [-0.4, -0.2) is 48.0 Å². The van der Waals surface area contributed by atoms with Crippen LogP contribution in [0.2, 0.25) is 0 Å². The van der Waals surface area contributed by atoms with E-state index in [9.17, 15) is 9.59 Å². The molecule has 0 radical (unpaired) electrons. The van der Waals surface area contributed by atoms with Crippen LogP contribution in [0.4, 0.5) is 21.9 Å². The summed E-state index contributed by atoms with van der Waals surface area (Å²) in [4.78, 5) is 36.0. The number of amides is 3. The maximum atomic E-state index is 13.5. The molecule has 8 nitrogen and oxygen atoms in total. The van der Waals surface area contributed by atoms with Gasteiger partial charge >= 0.3 is 6.03 Å². The molecule has 0 aliphatic carbocycles. The molecule has 36 heavy (non-hydrogen) atoms. The minimum atomic E-state index is -0.313. The van der Waals surface area contributed by atoms with Crippen LogP contribution in [0.5, 0.6) is 11.5 Å². The largest absolute Gasteiger partial charge is 0.457 e. The molecule has 1 atom stereocenters. The summed E-state index contributed by atoms with van der Waals surface area (Å²) >= 11 is 1.32. The number of likely N-dealkylation sites (N-methyl/N-ethyl adjacent to an activating group) is 1. The third kappa shape index (κ3) is 3.77. The van der Waals surface area contributed by atoms with Crippen molar-refractivity contribution in [3.05, 3.63) is 71.2 Å². The molecular weight excluding hydrogens is 474 g/mol. The summed E-state index contributed by atoms with van der Waals surface area (Å²) < 4.78 is 5.96. The number of nitrogens with zero attached hydrogens (tertiary/aromatic N) is 3. The van der Waals surface area contributed by atoms with Crippen LogP contribution in [0.1, 0.15) is 21.7 Å². The van der Waals surface area contributed by atoms with Gasteiger partial charge < -0.3 is 20.3 Å². The Balaban J connectivity index is 1.37. The maximum absolute atomic E-state index is 13.5. The Morgan fingerprint density at radius 3 is 2.72 bits per heavy atom. The van der Waals surface area contributed by atoms with Gasteiger partial charge in [0, 0.05) is 25.8 Å². The number of aromatic nitrogens is 1. The van der Waals surface area contributed by atoms with Crippen LogP contribution in [0.3, 0.4) is 0 Å². The van der Waals surface area contributed by atoms with E-state index in [1.165, 1.54) is 11.3 Å². The van der Waals surface area contributed by atoms with E-state index in [0.29, 0.717) is 22.0 Å². The van der Waals surface area contributed by atoms with E-state index in [4.69, 9.17) is 4.74 Å². The quantitative estimate of drug-likeness (QED) is 0.378. The van der Waals surface area contributed by atoms with Crippen LogP contribution in [-0.2, 0) is 0 Å². The molecule has 2 aliphatic heterocycles. The number of nitrogens with one attached hydrogen (secondary N) is 2. The first-order valence-electron chi connectivity index (χ1n) is 11.9. The predicted octanol–water partition coefficient (Wildman–Crippen LogP) is 5.51. The van der Waals surface area contributed by atoms with Gasteiger partial charge in [0.05, 0.1) is 22.4 Å². The van der Waals surface area contributed by atoms with Crippen molar-refractivity contribution in [3.8, 4) is 11.5 Å². The molecule has 2 aromatic heterocycles. The zero-order valence-electron chi connectivity index (χ0n) is 19.9. The maximum Gasteiger partial charge on any atom is 0.331 e. The summed E-state index contributed by atoms with van der Waals surface area (Å²) in [5.74, 6) is 1.34. The molecule has 3 amide bonds. The molecule has 2 aliphatic rings. The summed E-state index contributed by atoms with van der Waals surface area (Å²) in [5, 5.41) is 7.08. The van der Waals surface area contributed by atoms with E-state index in [0.717, 1.165) is 46.7 Å². The second-order valence-electron chi connectivity index (χ2n) is 9.01. The van der Waals surface area contributed by atoms with Gasteiger partial charge in [-0.15, -0.1) is 11.3 Å². The monoisotopic (exact) mass is 499 g/mol. The minimum absolute atomic E-state index is 0.0972. The Labute approximate surface area is 212 Å². The molecule has 0 bridgehead atoms. The van der Waals surface area contributed by atoms with Gasteiger partial charge in [-0.2, -0.15) is 0 Å². The molecule has 4 heterocycles. The van der Waals surface area contributed by atoms with E-state index in [1.807, 2.05) is 68.6 Å². The number of rotatable bonds is 5. The first kappa shape index (κ1) is 22.5. The van der Waals surface area contributed by atoms with E-state index >= 15 is 0 Å². The lowest BCUT2D eigenvalue weighted by Crippen LogP contribution is -2.39. The van der Waals surface area contributed by atoms with E-state index in [2.05, 4.69) is 15.6 Å². The molecule has 1 fully saturated rings. The van der Waals surface area contributed by atoms with Crippen molar-refractivity contribution in [3.63, 3.8) is 0 Å². The SMILES string of the molecule is Cc1cc(Oc2ccccc2)ccc1N1C(=O)Nc2c(C(=O)N(C)[C@@H]3CCNC3)sc3nccc1c23. The van der Waals surface area contributed by atoms with Gasteiger partial charge in [-0.05, 0) is 61.9 Å². The summed E-state index contributed by atoms with van der Waals surface area (Å²) in [6.07, 6.45) is 2.60. The van der Waals surface area contributed by atoms with Crippen LogP contribution < -0.4 is 20.3 Å². The third-order valence-electron chi connectivity index (χ3n) is 6.73. The number of thiophene rings is 1. The summed E-state index contributed by atoms with van der Waals surface area (Å²) in [5.41, 5.74) is 2.87. The number of carbonyl (C=O) groups excluding carboxylic acids is 2. The van der Waals surface area contributed by atoms with E-state index in [1.54, 1.807) is 16.0 Å². The smallest absolute Gasteiger partial charge is 0.331 e. The minimum Gasteiger partial charge on any atom is -0.457 e. The number of aryl methyl sites for hydroxylation is 1. The third-order valence-corrected chi connectivity index (χ3v) is 7.82. The lowest BCUT2D eigenvalue weighted by Gasteiger charge is -2.30.